The molecule has 148 valence electrons. The van der Waals surface area contributed by atoms with E-state index in [0.29, 0.717) is 17.0 Å². The van der Waals surface area contributed by atoms with Crippen LogP contribution in [0, 0.1) is 5.82 Å². The zero-order chi connectivity index (χ0) is 20.9. The molecule has 2 N–H and O–H groups in total. The molecule has 0 aliphatic carbocycles. The fraction of sp³-hybridized carbons (Fsp3) is 0.0417. The van der Waals surface area contributed by atoms with Crippen molar-refractivity contribution in [2.45, 2.75) is 6.17 Å². The van der Waals surface area contributed by atoms with Crippen LogP contribution < -0.4 is 10.6 Å². The molecule has 0 fully saturated rings. The number of anilines is 1. The number of rotatable bonds is 4. The van der Waals surface area contributed by atoms with E-state index < -0.39 is 23.8 Å². The van der Waals surface area contributed by atoms with Gasteiger partial charge in [-0.3, -0.25) is 9.59 Å². The summed E-state index contributed by atoms with van der Waals surface area (Å²) in [6, 6.07) is 22.5. The summed E-state index contributed by atoms with van der Waals surface area (Å²) >= 11 is 0. The standard InChI is InChI=1S/C24H18FN3O2/c25-19-12-6-4-10-17(19)22-18-11-5-7-13-20(18)26-24(30)23(28-22)27-21(29)15-14-16-8-2-1-3-9-16/h1-15,23H,(H,26,30)(H,27,29). The monoisotopic (exact) mass is 399 g/mol. The lowest BCUT2D eigenvalue weighted by Crippen LogP contribution is -2.41. The summed E-state index contributed by atoms with van der Waals surface area (Å²) in [6.45, 7) is 0. The van der Waals surface area contributed by atoms with Crippen molar-refractivity contribution in [2.24, 2.45) is 4.99 Å². The maximum Gasteiger partial charge on any atom is 0.269 e. The molecule has 3 aromatic carbocycles. The molecule has 0 saturated carbocycles. The molecule has 6 heteroatoms. The fourth-order valence-corrected chi connectivity index (χ4v) is 3.14. The molecule has 0 radical (unpaired) electrons. The smallest absolute Gasteiger partial charge is 0.269 e. The van der Waals surface area contributed by atoms with Crippen LogP contribution in [0.1, 0.15) is 16.7 Å². The lowest BCUT2D eigenvalue weighted by molar-refractivity contribution is -0.123. The van der Waals surface area contributed by atoms with E-state index in [2.05, 4.69) is 15.6 Å². The van der Waals surface area contributed by atoms with Gasteiger partial charge in [0.15, 0.2) is 0 Å². The lowest BCUT2D eigenvalue weighted by Gasteiger charge is -2.12. The van der Waals surface area contributed by atoms with Gasteiger partial charge in [0.1, 0.15) is 5.82 Å². The molecule has 0 bridgehead atoms. The lowest BCUT2D eigenvalue weighted by atomic mass is 10.0. The highest BCUT2D eigenvalue weighted by Crippen LogP contribution is 2.24. The van der Waals surface area contributed by atoms with Gasteiger partial charge in [-0.1, -0.05) is 60.7 Å². The Labute approximate surface area is 173 Å². The predicted octanol–water partition coefficient (Wildman–Crippen LogP) is 3.77. The number of halogens is 1. The van der Waals surface area contributed by atoms with Crippen LogP contribution in [0.3, 0.4) is 0 Å². The maximum absolute atomic E-state index is 14.5. The van der Waals surface area contributed by atoms with Gasteiger partial charge in [0.25, 0.3) is 5.91 Å². The van der Waals surface area contributed by atoms with Crippen molar-refractivity contribution in [3.8, 4) is 0 Å². The van der Waals surface area contributed by atoms with Crippen molar-refractivity contribution in [2.75, 3.05) is 5.32 Å². The Morgan fingerprint density at radius 3 is 2.37 bits per heavy atom. The summed E-state index contributed by atoms with van der Waals surface area (Å²) in [5.41, 5.74) is 2.47. The molecule has 2 amide bonds. The Kier molecular flexibility index (Phi) is 5.48. The van der Waals surface area contributed by atoms with Gasteiger partial charge in [0.2, 0.25) is 12.1 Å². The number of carbonyl (C=O) groups is 2. The molecule has 0 spiro atoms. The first-order valence-corrected chi connectivity index (χ1v) is 9.38. The molecule has 1 heterocycles. The van der Waals surface area contributed by atoms with E-state index in [9.17, 15) is 14.0 Å². The molecule has 4 rings (SSSR count). The molecule has 30 heavy (non-hydrogen) atoms. The topological polar surface area (TPSA) is 70.6 Å². The Morgan fingerprint density at radius 1 is 0.933 bits per heavy atom. The number of fused-ring (bicyclic) bond motifs is 1. The van der Waals surface area contributed by atoms with Gasteiger partial charge in [-0.2, -0.15) is 0 Å². The third-order valence-electron chi connectivity index (χ3n) is 4.58. The predicted molar refractivity (Wildman–Crippen MR) is 115 cm³/mol. The first-order chi connectivity index (χ1) is 14.6. The van der Waals surface area contributed by atoms with Gasteiger partial charge < -0.3 is 10.6 Å². The van der Waals surface area contributed by atoms with E-state index in [1.807, 2.05) is 30.3 Å². The third kappa shape index (κ3) is 4.17. The van der Waals surface area contributed by atoms with E-state index in [4.69, 9.17) is 0 Å². The van der Waals surface area contributed by atoms with Gasteiger partial charge >= 0.3 is 0 Å². The second kappa shape index (κ2) is 8.53. The van der Waals surface area contributed by atoms with Crippen LogP contribution in [-0.2, 0) is 9.59 Å². The molecular weight excluding hydrogens is 381 g/mol. The molecule has 1 aliphatic rings. The molecule has 1 aliphatic heterocycles. The number of nitrogens with zero attached hydrogens (tertiary/aromatic N) is 1. The maximum atomic E-state index is 14.5. The largest absolute Gasteiger partial charge is 0.323 e. The molecule has 0 aromatic heterocycles. The molecule has 0 saturated heterocycles. The van der Waals surface area contributed by atoms with Gasteiger partial charge in [-0.05, 0) is 29.8 Å². The van der Waals surface area contributed by atoms with E-state index in [1.54, 1.807) is 48.5 Å². The average molecular weight is 399 g/mol. The Hall–Kier alpha value is -4.06. The second-order valence-corrected chi connectivity index (χ2v) is 6.65. The van der Waals surface area contributed by atoms with E-state index in [0.717, 1.165) is 5.56 Å². The van der Waals surface area contributed by atoms with Crippen molar-refractivity contribution in [1.82, 2.24) is 5.32 Å². The van der Waals surface area contributed by atoms with Gasteiger partial charge in [-0.25, -0.2) is 9.38 Å². The van der Waals surface area contributed by atoms with E-state index >= 15 is 0 Å². The van der Waals surface area contributed by atoms with Crippen LogP contribution >= 0.6 is 0 Å². The number of hydrogen-bond acceptors (Lipinski definition) is 3. The summed E-state index contributed by atoms with van der Waals surface area (Å²) in [6.07, 6.45) is 1.76. The number of para-hydroxylation sites is 1. The summed E-state index contributed by atoms with van der Waals surface area (Å²) in [5, 5.41) is 5.34. The minimum Gasteiger partial charge on any atom is -0.323 e. The molecular formula is C24H18FN3O2. The number of benzodiazepines with no additional fused rings is 1. The number of hydrogen-bond donors (Lipinski definition) is 2. The highest BCUT2D eigenvalue weighted by atomic mass is 19.1. The van der Waals surface area contributed by atoms with Crippen LogP contribution in [-0.4, -0.2) is 23.7 Å². The van der Waals surface area contributed by atoms with Crippen molar-refractivity contribution in [3.05, 3.63) is 107 Å². The fourth-order valence-electron chi connectivity index (χ4n) is 3.14. The summed E-state index contributed by atoms with van der Waals surface area (Å²) in [5.74, 6) is -1.45. The third-order valence-corrected chi connectivity index (χ3v) is 4.58. The number of amides is 2. The Bertz CT molecular complexity index is 1160. The van der Waals surface area contributed by atoms with Crippen molar-refractivity contribution >= 4 is 29.3 Å². The second-order valence-electron chi connectivity index (χ2n) is 6.65. The van der Waals surface area contributed by atoms with Crippen molar-refractivity contribution in [1.29, 1.82) is 0 Å². The molecule has 1 unspecified atom stereocenters. The van der Waals surface area contributed by atoms with Crippen molar-refractivity contribution in [3.63, 3.8) is 0 Å². The molecule has 1 atom stereocenters. The SMILES string of the molecule is O=C(C=Cc1ccccc1)NC1N=C(c2ccccc2F)c2ccccc2NC1=O. The highest BCUT2D eigenvalue weighted by Gasteiger charge is 2.27. The van der Waals surface area contributed by atoms with Gasteiger partial charge in [-0.15, -0.1) is 0 Å². The van der Waals surface area contributed by atoms with Crippen LogP contribution in [0.2, 0.25) is 0 Å². The van der Waals surface area contributed by atoms with E-state index in [-0.39, 0.29) is 5.56 Å². The zero-order valence-electron chi connectivity index (χ0n) is 15.9. The van der Waals surface area contributed by atoms with Crippen molar-refractivity contribution < 1.29 is 14.0 Å². The van der Waals surface area contributed by atoms with Crippen LogP contribution in [0.15, 0.2) is 89.9 Å². The zero-order valence-corrected chi connectivity index (χ0v) is 15.9. The van der Waals surface area contributed by atoms with Gasteiger partial charge in [0, 0.05) is 17.2 Å². The number of carbonyl (C=O) groups excluding carboxylic acids is 2. The van der Waals surface area contributed by atoms with E-state index in [1.165, 1.54) is 12.1 Å². The van der Waals surface area contributed by atoms with Gasteiger partial charge in [0.05, 0.1) is 11.4 Å². The Morgan fingerprint density at radius 2 is 1.60 bits per heavy atom. The molecule has 3 aromatic rings. The number of aliphatic imine (C=N–C) groups is 1. The molecule has 5 nitrogen and oxygen atoms in total. The quantitative estimate of drug-likeness (QED) is 0.656. The van der Waals surface area contributed by atoms with Crippen LogP contribution in [0.25, 0.3) is 6.08 Å². The summed E-state index contributed by atoms with van der Waals surface area (Å²) in [4.78, 5) is 29.5. The minimum atomic E-state index is -1.21. The van der Waals surface area contributed by atoms with Crippen LogP contribution in [0.4, 0.5) is 10.1 Å². The number of nitrogens with one attached hydrogen (secondary N) is 2. The van der Waals surface area contributed by atoms with Crippen LogP contribution in [0.5, 0.6) is 0 Å². The number of benzene rings is 3. The minimum absolute atomic E-state index is 0.250. The Balaban J connectivity index is 1.67. The summed E-state index contributed by atoms with van der Waals surface area (Å²) in [7, 11) is 0. The first kappa shape index (κ1) is 19.3. The highest BCUT2D eigenvalue weighted by molar-refractivity contribution is 6.20. The first-order valence-electron chi connectivity index (χ1n) is 9.38. The summed E-state index contributed by atoms with van der Waals surface area (Å²) < 4.78 is 14.5. The normalized spacial score (nSPS) is 15.7. The average Bonchev–Trinajstić information content (AvgIpc) is 2.90.